The minimum Gasteiger partial charge on any atom is -0.506 e. The molecule has 0 aliphatic rings. The number of phenols is 1. The molecule has 18 heavy (non-hydrogen) atoms. The number of phenolic OH excluding ortho intramolecular Hbond substituents is 1. The first-order valence-corrected chi connectivity index (χ1v) is 6.91. The zero-order valence-corrected chi connectivity index (χ0v) is 10.5. The molecule has 0 radical (unpaired) electrons. The zero-order valence-electron chi connectivity index (χ0n) is 9.72. The predicted molar refractivity (Wildman–Crippen MR) is 67.4 cm³/mol. The zero-order chi connectivity index (χ0) is 13.5. The van der Waals surface area contributed by atoms with Gasteiger partial charge in [-0.05, 0) is 18.6 Å². The van der Waals surface area contributed by atoms with Crippen molar-refractivity contribution in [3.8, 4) is 5.75 Å². The SMILES string of the molecule is Cc1cc(=O)oc2cc(O)c(NS(C)(=O)=O)cc12. The third-order valence-corrected chi connectivity index (χ3v) is 2.95. The van der Waals surface area contributed by atoms with Crippen LogP contribution >= 0.6 is 0 Å². The van der Waals surface area contributed by atoms with E-state index in [2.05, 4.69) is 4.72 Å². The summed E-state index contributed by atoms with van der Waals surface area (Å²) in [4.78, 5) is 11.2. The number of hydrogen-bond acceptors (Lipinski definition) is 5. The van der Waals surface area contributed by atoms with Crippen LogP contribution in [0, 0.1) is 6.92 Å². The van der Waals surface area contributed by atoms with Crippen molar-refractivity contribution in [3.63, 3.8) is 0 Å². The minimum atomic E-state index is -3.49. The Hall–Kier alpha value is -2.02. The number of benzene rings is 1. The molecular weight excluding hydrogens is 258 g/mol. The molecule has 0 aliphatic carbocycles. The Bertz CT molecular complexity index is 776. The minimum absolute atomic E-state index is 0.0435. The second kappa shape index (κ2) is 4.02. The van der Waals surface area contributed by atoms with Crippen molar-refractivity contribution in [1.29, 1.82) is 0 Å². The van der Waals surface area contributed by atoms with E-state index in [9.17, 15) is 18.3 Å². The summed E-state index contributed by atoms with van der Waals surface area (Å²) >= 11 is 0. The van der Waals surface area contributed by atoms with Crippen molar-refractivity contribution in [1.82, 2.24) is 0 Å². The van der Waals surface area contributed by atoms with E-state index < -0.39 is 15.6 Å². The van der Waals surface area contributed by atoms with Crippen LogP contribution in [0.3, 0.4) is 0 Å². The Morgan fingerprint density at radius 3 is 2.56 bits per heavy atom. The van der Waals surface area contributed by atoms with Gasteiger partial charge in [-0.2, -0.15) is 0 Å². The van der Waals surface area contributed by atoms with E-state index in [1.54, 1.807) is 6.92 Å². The number of aromatic hydroxyl groups is 1. The second-order valence-electron chi connectivity index (χ2n) is 3.99. The van der Waals surface area contributed by atoms with Gasteiger partial charge < -0.3 is 9.52 Å². The van der Waals surface area contributed by atoms with Crippen molar-refractivity contribution in [2.75, 3.05) is 11.0 Å². The molecule has 1 aromatic heterocycles. The third-order valence-electron chi connectivity index (χ3n) is 2.36. The third kappa shape index (κ3) is 2.45. The fourth-order valence-electron chi connectivity index (χ4n) is 1.64. The van der Waals surface area contributed by atoms with Gasteiger partial charge in [0.2, 0.25) is 10.0 Å². The van der Waals surface area contributed by atoms with Crippen LogP contribution in [0.15, 0.2) is 27.4 Å². The summed E-state index contributed by atoms with van der Waals surface area (Å²) < 4.78 is 29.4. The summed E-state index contributed by atoms with van der Waals surface area (Å²) in [5.74, 6) is -0.304. The van der Waals surface area contributed by atoms with Crippen molar-refractivity contribution in [3.05, 3.63) is 34.2 Å². The van der Waals surface area contributed by atoms with Crippen LogP contribution in [0.1, 0.15) is 5.56 Å². The first-order chi connectivity index (χ1) is 8.26. The van der Waals surface area contributed by atoms with Crippen LogP contribution in [0.4, 0.5) is 5.69 Å². The highest BCUT2D eigenvalue weighted by Crippen LogP contribution is 2.30. The van der Waals surface area contributed by atoms with Gasteiger partial charge in [-0.15, -0.1) is 0 Å². The first kappa shape index (κ1) is 12.4. The summed E-state index contributed by atoms with van der Waals surface area (Å²) in [6.07, 6.45) is 0.981. The second-order valence-corrected chi connectivity index (χ2v) is 5.74. The van der Waals surface area contributed by atoms with Crippen molar-refractivity contribution in [2.24, 2.45) is 0 Å². The number of fused-ring (bicyclic) bond motifs is 1. The maximum Gasteiger partial charge on any atom is 0.336 e. The number of anilines is 1. The largest absolute Gasteiger partial charge is 0.506 e. The summed E-state index contributed by atoms with van der Waals surface area (Å²) in [7, 11) is -3.49. The van der Waals surface area contributed by atoms with Gasteiger partial charge in [0.05, 0.1) is 11.9 Å². The molecule has 0 fully saturated rings. The van der Waals surface area contributed by atoms with E-state index in [0.29, 0.717) is 10.9 Å². The van der Waals surface area contributed by atoms with Crippen LogP contribution in [0.5, 0.6) is 5.75 Å². The smallest absolute Gasteiger partial charge is 0.336 e. The van der Waals surface area contributed by atoms with E-state index in [1.165, 1.54) is 18.2 Å². The maximum absolute atomic E-state index is 11.2. The molecule has 2 aromatic rings. The Kier molecular flexibility index (Phi) is 2.78. The topological polar surface area (TPSA) is 96.6 Å². The fraction of sp³-hybridized carbons (Fsp3) is 0.182. The molecule has 2 rings (SSSR count). The van der Waals surface area contributed by atoms with Gasteiger partial charge in [-0.3, -0.25) is 4.72 Å². The monoisotopic (exact) mass is 269 g/mol. The lowest BCUT2D eigenvalue weighted by atomic mass is 10.1. The lowest BCUT2D eigenvalue weighted by Crippen LogP contribution is -2.09. The highest BCUT2D eigenvalue weighted by molar-refractivity contribution is 7.92. The molecule has 2 N–H and O–H groups in total. The summed E-state index contributed by atoms with van der Waals surface area (Å²) in [5, 5.41) is 10.2. The number of rotatable bonds is 2. The highest BCUT2D eigenvalue weighted by atomic mass is 32.2. The fourth-order valence-corrected chi connectivity index (χ4v) is 2.20. The summed E-state index contributed by atoms with van der Waals surface area (Å²) in [6.45, 7) is 1.69. The molecule has 96 valence electrons. The number of hydrogen-bond donors (Lipinski definition) is 2. The summed E-state index contributed by atoms with van der Waals surface area (Å²) in [6, 6.07) is 3.92. The van der Waals surface area contributed by atoms with E-state index >= 15 is 0 Å². The van der Waals surface area contributed by atoms with Gasteiger partial charge in [0.25, 0.3) is 0 Å². The van der Waals surface area contributed by atoms with E-state index in [4.69, 9.17) is 4.42 Å². The molecule has 0 amide bonds. The normalized spacial score (nSPS) is 11.7. The number of sulfonamides is 1. The molecule has 0 saturated carbocycles. The van der Waals surface area contributed by atoms with Gasteiger partial charge in [-0.25, -0.2) is 13.2 Å². The maximum atomic E-state index is 11.2. The van der Waals surface area contributed by atoms with Crippen LogP contribution in [0.25, 0.3) is 11.0 Å². The Morgan fingerprint density at radius 1 is 1.28 bits per heavy atom. The number of aryl methyl sites for hydroxylation is 1. The Morgan fingerprint density at radius 2 is 1.94 bits per heavy atom. The van der Waals surface area contributed by atoms with Gasteiger partial charge >= 0.3 is 5.63 Å². The average Bonchev–Trinajstić information content (AvgIpc) is 2.18. The average molecular weight is 269 g/mol. The molecule has 6 nitrogen and oxygen atoms in total. The van der Waals surface area contributed by atoms with Crippen molar-refractivity contribution >= 4 is 26.7 Å². The molecule has 1 aromatic carbocycles. The lowest BCUT2D eigenvalue weighted by molar-refractivity contribution is 0.475. The van der Waals surface area contributed by atoms with Crippen LogP contribution < -0.4 is 10.3 Å². The van der Waals surface area contributed by atoms with Crippen LogP contribution in [-0.2, 0) is 10.0 Å². The van der Waals surface area contributed by atoms with Gasteiger partial charge in [0.1, 0.15) is 11.3 Å². The predicted octanol–water partition coefficient (Wildman–Crippen LogP) is 1.18. The molecule has 0 aliphatic heterocycles. The highest BCUT2D eigenvalue weighted by Gasteiger charge is 2.11. The standard InChI is InChI=1S/C11H11NO5S/c1-6-3-11(14)17-10-5-9(13)8(4-7(6)10)12-18(2,15)16/h3-5,12-13H,1-2H3. The lowest BCUT2D eigenvalue weighted by Gasteiger charge is -2.08. The molecule has 1 heterocycles. The van der Waals surface area contributed by atoms with Crippen molar-refractivity contribution in [2.45, 2.75) is 6.92 Å². The molecule has 0 unspecified atom stereocenters. The van der Waals surface area contributed by atoms with Crippen LogP contribution in [-0.4, -0.2) is 19.8 Å². The number of nitrogens with one attached hydrogen (secondary N) is 1. The van der Waals surface area contributed by atoms with Gasteiger partial charge in [0.15, 0.2) is 0 Å². The van der Waals surface area contributed by atoms with E-state index in [1.807, 2.05) is 0 Å². The Balaban J connectivity index is 2.72. The van der Waals surface area contributed by atoms with Gasteiger partial charge in [-0.1, -0.05) is 0 Å². The van der Waals surface area contributed by atoms with Gasteiger partial charge in [0, 0.05) is 17.5 Å². The molecule has 0 bridgehead atoms. The van der Waals surface area contributed by atoms with Crippen LogP contribution in [0.2, 0.25) is 0 Å². The van der Waals surface area contributed by atoms with E-state index in [0.717, 1.165) is 6.26 Å². The molecule has 7 heteroatoms. The Labute approximate surface area is 103 Å². The summed E-state index contributed by atoms with van der Waals surface area (Å²) in [5.41, 5.74) is 0.361. The molecule has 0 atom stereocenters. The quantitative estimate of drug-likeness (QED) is 0.630. The molecular formula is C11H11NO5S. The van der Waals surface area contributed by atoms with E-state index in [-0.39, 0.29) is 17.0 Å². The van der Waals surface area contributed by atoms with Crippen molar-refractivity contribution < 1.29 is 17.9 Å². The first-order valence-electron chi connectivity index (χ1n) is 5.01. The molecule has 0 saturated heterocycles. The molecule has 0 spiro atoms.